The molecule has 0 fully saturated rings. The normalized spacial score (nSPS) is 19.8. The second kappa shape index (κ2) is 8.26. The van der Waals surface area contributed by atoms with Gasteiger partial charge in [0.15, 0.2) is 5.65 Å². The van der Waals surface area contributed by atoms with Crippen LogP contribution in [0.2, 0.25) is 0 Å². The Morgan fingerprint density at radius 2 is 2.07 bits per heavy atom. The van der Waals surface area contributed by atoms with E-state index in [1.807, 2.05) is 24.3 Å². The summed E-state index contributed by atoms with van der Waals surface area (Å²) in [6.07, 6.45) is 2.12. The minimum atomic E-state index is -1.78. The first-order valence-corrected chi connectivity index (χ1v) is 10.5. The monoisotopic (exact) mass is 422 g/mol. The third kappa shape index (κ3) is 3.76. The molecule has 1 aliphatic rings. The maximum Gasteiger partial charge on any atom is 0.222 e. The number of aromatic nitrogens is 3. The number of aliphatic hydroxyl groups is 1. The Bertz CT molecular complexity index is 1140. The second-order valence-electron chi connectivity index (χ2n) is 7.61. The van der Waals surface area contributed by atoms with Crippen LogP contribution in [0.1, 0.15) is 49.6 Å². The molecule has 154 valence electrons. The van der Waals surface area contributed by atoms with Gasteiger partial charge in [0, 0.05) is 30.6 Å². The predicted molar refractivity (Wildman–Crippen MR) is 120 cm³/mol. The van der Waals surface area contributed by atoms with E-state index in [2.05, 4.69) is 31.0 Å². The molecule has 0 aliphatic carbocycles. The number of anilines is 1. The average Bonchev–Trinajstić information content (AvgIpc) is 3.01. The van der Waals surface area contributed by atoms with Crippen molar-refractivity contribution in [1.82, 2.24) is 15.0 Å². The summed E-state index contributed by atoms with van der Waals surface area (Å²) in [5.41, 5.74) is 0.261. The van der Waals surface area contributed by atoms with Crippen LogP contribution >= 0.6 is 9.24 Å². The first kappa shape index (κ1) is 20.7. The zero-order valence-corrected chi connectivity index (χ0v) is 18.2. The van der Waals surface area contributed by atoms with Crippen molar-refractivity contribution in [3.8, 4) is 11.8 Å². The van der Waals surface area contributed by atoms with Crippen molar-refractivity contribution in [2.45, 2.75) is 50.8 Å². The number of halogens is 1. The van der Waals surface area contributed by atoms with Gasteiger partial charge < -0.3 is 10.0 Å². The van der Waals surface area contributed by atoms with Gasteiger partial charge in [-0.05, 0) is 38.0 Å². The first-order valence-electron chi connectivity index (χ1n) is 9.96. The van der Waals surface area contributed by atoms with E-state index in [9.17, 15) is 5.11 Å². The highest BCUT2D eigenvalue weighted by atomic mass is 31.0. The number of aliphatic hydroxyl groups excluding tert-OH is 1. The fourth-order valence-corrected chi connectivity index (χ4v) is 4.42. The van der Waals surface area contributed by atoms with Crippen LogP contribution in [0.5, 0.6) is 0 Å². The first-order chi connectivity index (χ1) is 14.4. The number of rotatable bonds is 5. The molecule has 0 saturated heterocycles. The van der Waals surface area contributed by atoms with E-state index in [0.29, 0.717) is 47.6 Å². The summed E-state index contributed by atoms with van der Waals surface area (Å²) >= 11 is 0. The van der Waals surface area contributed by atoms with Crippen molar-refractivity contribution in [1.29, 1.82) is 0 Å². The van der Waals surface area contributed by atoms with Gasteiger partial charge in [-0.25, -0.2) is 19.3 Å². The third-order valence-electron chi connectivity index (χ3n) is 5.36. The maximum absolute atomic E-state index is 16.0. The zero-order valence-electron chi connectivity index (χ0n) is 17.0. The summed E-state index contributed by atoms with van der Waals surface area (Å²) in [4.78, 5) is 15.5. The van der Waals surface area contributed by atoms with Crippen LogP contribution < -0.4 is 4.90 Å². The maximum atomic E-state index is 16.0. The van der Waals surface area contributed by atoms with Crippen LogP contribution in [0, 0.1) is 11.8 Å². The van der Waals surface area contributed by atoms with Gasteiger partial charge in [-0.15, -0.1) is 11.8 Å². The number of alkyl halides is 1. The Kier molecular flexibility index (Phi) is 5.69. The number of nitrogens with zero attached hydrogens (tertiary/aromatic N) is 4. The van der Waals surface area contributed by atoms with E-state index < -0.39 is 11.6 Å². The number of fused-ring (bicyclic) bond motifs is 2. The van der Waals surface area contributed by atoms with Gasteiger partial charge in [-0.3, -0.25) is 0 Å². The smallest absolute Gasteiger partial charge is 0.222 e. The van der Waals surface area contributed by atoms with Crippen molar-refractivity contribution >= 4 is 26.1 Å². The van der Waals surface area contributed by atoms with Crippen LogP contribution in [0.25, 0.3) is 11.0 Å². The highest BCUT2D eigenvalue weighted by Gasteiger charge is 2.43. The van der Waals surface area contributed by atoms with Gasteiger partial charge in [0.2, 0.25) is 5.53 Å². The molecule has 4 rings (SSSR count). The summed E-state index contributed by atoms with van der Waals surface area (Å²) < 4.78 is 16.0. The highest BCUT2D eigenvalue weighted by Crippen LogP contribution is 2.48. The molecule has 2 aromatic heterocycles. The fourth-order valence-electron chi connectivity index (χ4n) is 3.93. The Balaban J connectivity index is 1.86. The average molecular weight is 422 g/mol. The number of hydrogen-bond acceptors (Lipinski definition) is 5. The van der Waals surface area contributed by atoms with Crippen LogP contribution in [-0.4, -0.2) is 26.2 Å². The van der Waals surface area contributed by atoms with Gasteiger partial charge in [0.05, 0.1) is 11.5 Å². The largest absolute Gasteiger partial charge is 0.393 e. The summed E-state index contributed by atoms with van der Waals surface area (Å²) in [5.74, 6) is 6.81. The SMILES string of the molecule is CC#CCC(CC(C)O)c1nc(N2Cc3ccccc3C2(F)P)c2cccnc2n1. The minimum Gasteiger partial charge on any atom is -0.393 e. The van der Waals surface area contributed by atoms with E-state index in [0.717, 1.165) is 5.56 Å². The Morgan fingerprint density at radius 3 is 2.80 bits per heavy atom. The predicted octanol–water partition coefficient (Wildman–Crippen LogP) is 4.27. The van der Waals surface area contributed by atoms with Crippen molar-refractivity contribution in [3.63, 3.8) is 0 Å². The van der Waals surface area contributed by atoms with Crippen molar-refractivity contribution < 1.29 is 9.50 Å². The van der Waals surface area contributed by atoms with Gasteiger partial charge in [0.25, 0.3) is 0 Å². The number of benzene rings is 1. The number of pyridine rings is 1. The van der Waals surface area contributed by atoms with Crippen LogP contribution in [0.3, 0.4) is 0 Å². The van der Waals surface area contributed by atoms with Crippen LogP contribution in [-0.2, 0) is 12.1 Å². The lowest BCUT2D eigenvalue weighted by Gasteiger charge is -2.30. The molecule has 3 heterocycles. The molecule has 0 bridgehead atoms. The van der Waals surface area contributed by atoms with Crippen LogP contribution in [0.4, 0.5) is 10.2 Å². The lowest BCUT2D eigenvalue weighted by atomic mass is 9.97. The lowest BCUT2D eigenvalue weighted by molar-refractivity contribution is 0.173. The molecule has 1 aromatic carbocycles. The molecule has 0 saturated carbocycles. The lowest BCUT2D eigenvalue weighted by Crippen LogP contribution is -2.32. The molecule has 0 amide bonds. The molecule has 4 unspecified atom stereocenters. The molecule has 0 radical (unpaired) electrons. The second-order valence-corrected chi connectivity index (χ2v) is 8.37. The third-order valence-corrected chi connectivity index (χ3v) is 5.98. The van der Waals surface area contributed by atoms with Crippen molar-refractivity contribution in [2.24, 2.45) is 0 Å². The molecule has 0 spiro atoms. The van der Waals surface area contributed by atoms with Crippen molar-refractivity contribution in [3.05, 3.63) is 59.5 Å². The van der Waals surface area contributed by atoms with E-state index in [4.69, 9.17) is 4.98 Å². The van der Waals surface area contributed by atoms with E-state index in [1.54, 1.807) is 37.1 Å². The molecule has 5 nitrogen and oxygen atoms in total. The number of hydrogen-bond donors (Lipinski definition) is 1. The molecule has 7 heteroatoms. The van der Waals surface area contributed by atoms with Gasteiger partial charge in [-0.2, -0.15) is 0 Å². The Hall–Kier alpha value is -2.61. The van der Waals surface area contributed by atoms with E-state index >= 15 is 4.39 Å². The summed E-state index contributed by atoms with van der Waals surface area (Å²) in [6.45, 7) is 3.91. The summed E-state index contributed by atoms with van der Waals surface area (Å²) in [6, 6.07) is 11.2. The Morgan fingerprint density at radius 1 is 1.27 bits per heavy atom. The van der Waals surface area contributed by atoms with E-state index in [-0.39, 0.29) is 5.92 Å². The van der Waals surface area contributed by atoms with Gasteiger partial charge in [-0.1, -0.05) is 33.5 Å². The van der Waals surface area contributed by atoms with Gasteiger partial charge in [0.1, 0.15) is 11.6 Å². The molecule has 3 aromatic rings. The van der Waals surface area contributed by atoms with Gasteiger partial charge >= 0.3 is 0 Å². The summed E-state index contributed by atoms with van der Waals surface area (Å²) in [7, 11) is 2.33. The van der Waals surface area contributed by atoms with Crippen LogP contribution in [0.15, 0.2) is 42.6 Å². The fraction of sp³-hybridized carbons (Fsp3) is 0.348. The molecule has 30 heavy (non-hydrogen) atoms. The topological polar surface area (TPSA) is 62.1 Å². The minimum absolute atomic E-state index is 0.175. The van der Waals surface area contributed by atoms with E-state index in [1.165, 1.54) is 0 Å². The quantitative estimate of drug-likeness (QED) is 0.378. The molecule has 1 N–H and O–H groups in total. The zero-order chi connectivity index (χ0) is 21.3. The molecular formula is C23H24FN4OP. The van der Waals surface area contributed by atoms with Crippen molar-refractivity contribution in [2.75, 3.05) is 4.90 Å². The standard InChI is InChI=1S/C23H24FN4OP/c1-3-4-8-16(13-15(2)29)20-26-21-18(10-7-12-25-21)22(27-20)28-14-17-9-5-6-11-19(17)23(28,24)30/h5-7,9-12,15-16,29H,8,13-14,30H2,1-2H3. The molecular weight excluding hydrogens is 398 g/mol. The summed E-state index contributed by atoms with van der Waals surface area (Å²) in [5, 5.41) is 10.7. The Labute approximate surface area is 178 Å². The molecule has 1 aliphatic heterocycles. The molecule has 4 atom stereocenters. The highest BCUT2D eigenvalue weighted by molar-refractivity contribution is 7.18.